The average molecular weight is 176 g/mol. The summed E-state index contributed by atoms with van der Waals surface area (Å²) in [4.78, 5) is 20.8. The quantitative estimate of drug-likeness (QED) is 0.593. The van der Waals surface area contributed by atoms with Gasteiger partial charge in [-0.05, 0) is 6.92 Å². The van der Waals surface area contributed by atoms with Gasteiger partial charge in [0.2, 0.25) is 0 Å². The Hall–Kier alpha value is -1.26. The van der Waals surface area contributed by atoms with Gasteiger partial charge in [-0.25, -0.2) is 4.79 Å². The van der Waals surface area contributed by atoms with Crippen LogP contribution in [0, 0.1) is 0 Å². The van der Waals surface area contributed by atoms with E-state index in [2.05, 4.69) is 14.2 Å². The zero-order chi connectivity index (χ0) is 9.56. The predicted molar refractivity (Wildman–Crippen MR) is 39.6 cm³/mol. The third-order valence-electron chi connectivity index (χ3n) is 0.970. The monoisotopic (exact) mass is 176 g/mol. The molecule has 0 aliphatic carbocycles. The first-order chi connectivity index (χ1) is 5.56. The van der Waals surface area contributed by atoms with E-state index in [-0.39, 0.29) is 6.61 Å². The minimum atomic E-state index is -0.783. The molecule has 0 fully saturated rings. The van der Waals surface area contributed by atoms with Crippen molar-refractivity contribution in [2.45, 2.75) is 20.0 Å². The van der Waals surface area contributed by atoms with E-state index in [4.69, 9.17) is 0 Å². The summed E-state index contributed by atoms with van der Waals surface area (Å²) >= 11 is 0. The van der Waals surface area contributed by atoms with Crippen LogP contribution in [0.4, 0.5) is 4.79 Å². The van der Waals surface area contributed by atoms with Crippen LogP contribution in [0.3, 0.4) is 0 Å². The van der Waals surface area contributed by atoms with Crippen molar-refractivity contribution in [1.82, 2.24) is 0 Å². The molecule has 0 aliphatic heterocycles. The predicted octanol–water partition coefficient (Wildman–Crippen LogP) is 0.721. The molecule has 5 nitrogen and oxygen atoms in total. The second-order valence-electron chi connectivity index (χ2n) is 2.19. The van der Waals surface area contributed by atoms with E-state index in [1.807, 2.05) is 0 Å². The van der Waals surface area contributed by atoms with Gasteiger partial charge in [-0.3, -0.25) is 4.79 Å². The smallest absolute Gasteiger partial charge is 0.459 e. The van der Waals surface area contributed by atoms with Crippen molar-refractivity contribution in [2.24, 2.45) is 0 Å². The van der Waals surface area contributed by atoms with Gasteiger partial charge in [0, 0.05) is 6.92 Å². The zero-order valence-electron chi connectivity index (χ0n) is 7.33. The summed E-state index contributed by atoms with van der Waals surface area (Å²) in [6.07, 6.45) is -1.23. The molecule has 12 heavy (non-hydrogen) atoms. The SMILES string of the molecule is COC(=O)OCC(C)OC(C)=O. The maximum atomic E-state index is 10.4. The Balaban J connectivity index is 3.50. The van der Waals surface area contributed by atoms with Gasteiger partial charge < -0.3 is 14.2 Å². The number of hydrogen-bond acceptors (Lipinski definition) is 5. The molecule has 0 amide bonds. The summed E-state index contributed by atoms with van der Waals surface area (Å²) in [5, 5.41) is 0. The molecule has 70 valence electrons. The lowest BCUT2D eigenvalue weighted by Crippen LogP contribution is -2.20. The van der Waals surface area contributed by atoms with Crippen LogP contribution in [-0.4, -0.2) is 31.9 Å². The summed E-state index contributed by atoms with van der Waals surface area (Å²) in [5.41, 5.74) is 0. The molecule has 5 heteroatoms. The van der Waals surface area contributed by atoms with Gasteiger partial charge in [0.05, 0.1) is 7.11 Å². The van der Waals surface area contributed by atoms with Crippen molar-refractivity contribution in [3.8, 4) is 0 Å². The summed E-state index contributed by atoms with van der Waals surface area (Å²) in [6.45, 7) is 2.91. The Morgan fingerprint density at radius 2 is 2.00 bits per heavy atom. The highest BCUT2D eigenvalue weighted by Crippen LogP contribution is 1.93. The minimum Gasteiger partial charge on any atom is -0.459 e. The molecule has 0 spiro atoms. The molecular weight excluding hydrogens is 164 g/mol. The number of methoxy groups -OCH3 is 1. The molecule has 0 saturated heterocycles. The van der Waals surface area contributed by atoms with Crippen LogP contribution in [0.5, 0.6) is 0 Å². The number of esters is 1. The maximum absolute atomic E-state index is 10.4. The van der Waals surface area contributed by atoms with E-state index in [0.29, 0.717) is 0 Å². The minimum absolute atomic E-state index is 0.00620. The standard InChI is InChI=1S/C7H12O5/c1-5(12-6(2)8)4-11-7(9)10-3/h5H,4H2,1-3H3. The number of carbonyl (C=O) groups excluding carboxylic acids is 2. The lowest BCUT2D eigenvalue weighted by Gasteiger charge is -2.10. The molecule has 0 N–H and O–H groups in total. The van der Waals surface area contributed by atoms with E-state index in [1.165, 1.54) is 14.0 Å². The highest BCUT2D eigenvalue weighted by Gasteiger charge is 2.08. The van der Waals surface area contributed by atoms with Crippen LogP contribution in [-0.2, 0) is 19.0 Å². The molecule has 0 aromatic heterocycles. The van der Waals surface area contributed by atoms with Gasteiger partial charge >= 0.3 is 12.1 Å². The molecule has 1 atom stereocenters. The van der Waals surface area contributed by atoms with Crippen LogP contribution in [0.2, 0.25) is 0 Å². The van der Waals surface area contributed by atoms with Gasteiger partial charge in [-0.2, -0.15) is 0 Å². The number of carbonyl (C=O) groups is 2. The van der Waals surface area contributed by atoms with Crippen LogP contribution >= 0.6 is 0 Å². The molecule has 0 radical (unpaired) electrons. The summed E-state index contributed by atoms with van der Waals surface area (Å²) in [7, 11) is 1.21. The van der Waals surface area contributed by atoms with Crippen molar-refractivity contribution in [2.75, 3.05) is 13.7 Å². The fourth-order valence-corrected chi connectivity index (χ4v) is 0.562. The van der Waals surface area contributed by atoms with Crippen molar-refractivity contribution in [3.63, 3.8) is 0 Å². The molecule has 0 aliphatic rings. The third kappa shape index (κ3) is 5.52. The van der Waals surface area contributed by atoms with Gasteiger partial charge in [0.25, 0.3) is 0 Å². The largest absolute Gasteiger partial charge is 0.508 e. The highest BCUT2D eigenvalue weighted by atomic mass is 16.7. The highest BCUT2D eigenvalue weighted by molar-refractivity contribution is 5.66. The van der Waals surface area contributed by atoms with Crippen molar-refractivity contribution >= 4 is 12.1 Å². The molecule has 0 aromatic carbocycles. The summed E-state index contributed by atoms with van der Waals surface area (Å²) in [5.74, 6) is -0.407. The fraction of sp³-hybridized carbons (Fsp3) is 0.714. The van der Waals surface area contributed by atoms with Crippen LogP contribution in [0.15, 0.2) is 0 Å². The molecule has 1 unspecified atom stereocenters. The van der Waals surface area contributed by atoms with Crippen LogP contribution < -0.4 is 0 Å². The summed E-state index contributed by atoms with van der Waals surface area (Å²) < 4.78 is 13.4. The molecule has 0 bridgehead atoms. The first-order valence-electron chi connectivity index (χ1n) is 3.44. The van der Waals surface area contributed by atoms with Gasteiger partial charge in [0.1, 0.15) is 12.7 Å². The lowest BCUT2D eigenvalue weighted by atomic mass is 10.4. The molecular formula is C7H12O5. The molecule has 0 heterocycles. The topological polar surface area (TPSA) is 61.8 Å². The molecule has 0 aromatic rings. The average Bonchev–Trinajstić information content (AvgIpc) is 1.99. The van der Waals surface area contributed by atoms with E-state index < -0.39 is 18.2 Å². The number of rotatable bonds is 3. The van der Waals surface area contributed by atoms with E-state index in [0.717, 1.165) is 0 Å². The van der Waals surface area contributed by atoms with E-state index in [1.54, 1.807) is 6.92 Å². The van der Waals surface area contributed by atoms with Crippen molar-refractivity contribution in [1.29, 1.82) is 0 Å². The Morgan fingerprint density at radius 3 is 2.42 bits per heavy atom. The number of hydrogen-bond donors (Lipinski definition) is 0. The van der Waals surface area contributed by atoms with E-state index in [9.17, 15) is 9.59 Å². The number of ether oxygens (including phenoxy) is 3. The summed E-state index contributed by atoms with van der Waals surface area (Å²) in [6, 6.07) is 0. The van der Waals surface area contributed by atoms with E-state index >= 15 is 0 Å². The zero-order valence-corrected chi connectivity index (χ0v) is 7.33. The van der Waals surface area contributed by atoms with Crippen LogP contribution in [0.25, 0.3) is 0 Å². The normalized spacial score (nSPS) is 11.6. The molecule has 0 rings (SSSR count). The molecule has 0 saturated carbocycles. The Bertz CT molecular complexity index is 165. The third-order valence-corrected chi connectivity index (χ3v) is 0.970. The van der Waals surface area contributed by atoms with Crippen molar-refractivity contribution in [3.05, 3.63) is 0 Å². The Labute approximate surface area is 70.6 Å². The van der Waals surface area contributed by atoms with Crippen molar-refractivity contribution < 1.29 is 23.8 Å². The first-order valence-corrected chi connectivity index (χ1v) is 3.44. The Kier molecular flexibility index (Phi) is 4.83. The maximum Gasteiger partial charge on any atom is 0.508 e. The second kappa shape index (κ2) is 5.40. The van der Waals surface area contributed by atoms with Crippen LogP contribution in [0.1, 0.15) is 13.8 Å². The van der Waals surface area contributed by atoms with Gasteiger partial charge in [0.15, 0.2) is 0 Å². The second-order valence-corrected chi connectivity index (χ2v) is 2.19. The first kappa shape index (κ1) is 10.7. The van der Waals surface area contributed by atoms with Gasteiger partial charge in [-0.15, -0.1) is 0 Å². The Morgan fingerprint density at radius 1 is 1.42 bits per heavy atom. The fourth-order valence-electron chi connectivity index (χ4n) is 0.562. The van der Waals surface area contributed by atoms with Gasteiger partial charge in [-0.1, -0.05) is 0 Å². The lowest BCUT2D eigenvalue weighted by molar-refractivity contribution is -0.147.